The lowest BCUT2D eigenvalue weighted by Crippen LogP contribution is -2.27. The van der Waals surface area contributed by atoms with Crippen molar-refractivity contribution < 1.29 is 4.74 Å². The van der Waals surface area contributed by atoms with Crippen molar-refractivity contribution in [3.8, 4) is 5.75 Å². The molecule has 66 heavy (non-hydrogen) atoms. The summed E-state index contributed by atoms with van der Waals surface area (Å²) in [4.78, 5) is 4.95. The highest BCUT2D eigenvalue weighted by atomic mass is 31.0. The maximum absolute atomic E-state index is 6.49. The van der Waals surface area contributed by atoms with Crippen molar-refractivity contribution in [1.29, 1.82) is 0 Å². The monoisotopic (exact) mass is 891 g/mol. The molecule has 3 unspecified atom stereocenters. The fraction of sp³-hybridized carbons (Fsp3) is 0.290. The summed E-state index contributed by atoms with van der Waals surface area (Å²) < 4.78 is 6.49. The highest BCUT2D eigenvalue weighted by Gasteiger charge is 2.32. The van der Waals surface area contributed by atoms with Gasteiger partial charge in [0.1, 0.15) is 11.9 Å². The summed E-state index contributed by atoms with van der Waals surface area (Å²) in [6, 6.07) is 13.7. The molecule has 340 valence electrons. The summed E-state index contributed by atoms with van der Waals surface area (Å²) >= 11 is 0. The van der Waals surface area contributed by atoms with Gasteiger partial charge < -0.3 is 14.5 Å². The number of nitrogens with zero attached hydrogens (tertiary/aromatic N) is 2. The highest BCUT2D eigenvalue weighted by molar-refractivity contribution is 7.20. The summed E-state index contributed by atoms with van der Waals surface area (Å²) in [7, 11) is 2.73. The van der Waals surface area contributed by atoms with Crippen molar-refractivity contribution in [2.45, 2.75) is 111 Å². The van der Waals surface area contributed by atoms with Crippen molar-refractivity contribution in [3.05, 3.63) is 231 Å². The Kier molecular flexibility index (Phi) is 17.5. The van der Waals surface area contributed by atoms with Crippen LogP contribution in [0.5, 0.6) is 5.75 Å². The van der Waals surface area contributed by atoms with Crippen LogP contribution in [0.25, 0.3) is 17.2 Å². The summed E-state index contributed by atoms with van der Waals surface area (Å²) in [5.41, 5.74) is 15.0. The van der Waals surface area contributed by atoms with Gasteiger partial charge in [0.2, 0.25) is 0 Å². The molecule has 0 saturated heterocycles. The van der Waals surface area contributed by atoms with E-state index in [1.54, 1.807) is 0 Å². The van der Waals surface area contributed by atoms with Crippen molar-refractivity contribution >= 4 is 32.1 Å². The van der Waals surface area contributed by atoms with Crippen LogP contribution in [0.2, 0.25) is 0 Å². The van der Waals surface area contributed by atoms with E-state index >= 15 is 0 Å². The smallest absolute Gasteiger partial charge is 0.128 e. The lowest BCUT2D eigenvalue weighted by molar-refractivity contribution is 0.269. The quantitative estimate of drug-likeness (QED) is 0.123. The second kappa shape index (κ2) is 24.0. The Balaban J connectivity index is 1.11. The zero-order chi connectivity index (χ0) is 46.3. The molecule has 3 atom stereocenters. The van der Waals surface area contributed by atoms with Crippen LogP contribution in [0.4, 0.5) is 5.69 Å². The summed E-state index contributed by atoms with van der Waals surface area (Å²) in [6.45, 7) is 16.3. The van der Waals surface area contributed by atoms with Crippen LogP contribution < -0.4 is 20.1 Å². The highest BCUT2D eigenvalue weighted by Crippen LogP contribution is 2.44. The minimum atomic E-state index is 0.0777. The molecular weight excluding hydrogens is 820 g/mol. The van der Waals surface area contributed by atoms with E-state index in [1.807, 2.05) is 0 Å². The van der Waals surface area contributed by atoms with Crippen LogP contribution in [0, 0.1) is 0 Å². The molecule has 0 spiro atoms. The van der Waals surface area contributed by atoms with Crippen LogP contribution in [-0.2, 0) is 0 Å². The number of hydrogen-bond acceptors (Lipinski definition) is 3. The second-order valence-corrected chi connectivity index (χ2v) is 17.8. The standard InChI is InChI=1S/C62H71N2OP/c1-7-48-27-14-12-16-31-56(48)57-39-36-51(44-49(57)8-2)46(6)35-37-53(11-5)64(52(9-3)10-4)55-30-19-18-25-47(43-55)26-24-29-50-28-15-13-17-33-60(50)63(41-22-23-42-66)54-38-40-59-58-32-20-21-34-61(58)65-62(59)45-54/h7-9,11,14-15,17-18,20-21,23,25,27-28,30,32-40,42-45,58,61H,6,10,12-13,16,19,22,24,26,29,31,41,66H2,1-5H3/b37-35-,42-23-,48-7-,49-8-,52-9+,53-11+,57-56-. The number of anilines is 1. The van der Waals surface area contributed by atoms with Gasteiger partial charge in [-0.3, -0.25) is 0 Å². The number of benzene rings is 2. The Morgan fingerprint density at radius 1 is 0.879 bits per heavy atom. The van der Waals surface area contributed by atoms with Gasteiger partial charge in [-0.2, -0.15) is 0 Å². The molecule has 0 bridgehead atoms. The zero-order valence-electron chi connectivity index (χ0n) is 40.2. The maximum atomic E-state index is 6.49. The predicted molar refractivity (Wildman–Crippen MR) is 290 cm³/mol. The van der Waals surface area contributed by atoms with E-state index < -0.39 is 0 Å². The summed E-state index contributed by atoms with van der Waals surface area (Å²) in [5, 5.41) is 2.59. The number of ether oxygens (including phenoxy) is 1. The van der Waals surface area contributed by atoms with E-state index in [-0.39, 0.29) is 12.0 Å². The average Bonchev–Trinajstić information content (AvgIpc) is 3.61. The minimum absolute atomic E-state index is 0.0777. The third kappa shape index (κ3) is 11.5. The fourth-order valence-corrected chi connectivity index (χ4v) is 9.95. The molecular formula is C62H71N2OP. The van der Waals surface area contributed by atoms with E-state index in [2.05, 4.69) is 230 Å². The van der Waals surface area contributed by atoms with Crippen molar-refractivity contribution in [2.24, 2.45) is 0 Å². The van der Waals surface area contributed by atoms with E-state index in [0.717, 1.165) is 86.9 Å². The fourth-order valence-electron chi connectivity index (χ4n) is 9.76. The lowest BCUT2D eigenvalue weighted by Gasteiger charge is -2.30. The molecule has 2 aromatic rings. The summed E-state index contributed by atoms with van der Waals surface area (Å²) in [5.74, 6) is 3.36. The Morgan fingerprint density at radius 2 is 1.73 bits per heavy atom. The molecule has 0 fully saturated rings. The minimum Gasteiger partial charge on any atom is -0.485 e. The normalized spacial score (nSPS) is 21.2. The largest absolute Gasteiger partial charge is 0.485 e. The third-order valence-corrected chi connectivity index (χ3v) is 13.5. The van der Waals surface area contributed by atoms with Gasteiger partial charge in [0.25, 0.3) is 0 Å². The SMILES string of the molecule is C=C(/C=C\C(=C/C)N(C1=CCC=CC(CCCC2=C(N(CC/C=C\P)c3ccc4c(c3)OC3C=CC=CC43)C=CCC=C2)=C1)/C(=C/C)CC)c1ccc(=C2\CCCC=C\C2=C\C)/c(=C\C)c1. The van der Waals surface area contributed by atoms with Crippen LogP contribution in [0.3, 0.4) is 0 Å². The molecule has 1 aliphatic heterocycles. The molecule has 4 aliphatic carbocycles. The van der Waals surface area contributed by atoms with Crippen LogP contribution >= 0.6 is 9.24 Å². The molecule has 7 rings (SSSR count). The van der Waals surface area contributed by atoms with Crippen LogP contribution in [-0.4, -0.2) is 17.5 Å². The first kappa shape index (κ1) is 48.1. The molecule has 0 radical (unpaired) electrons. The van der Waals surface area contributed by atoms with Gasteiger partial charge in [-0.1, -0.05) is 141 Å². The molecule has 4 heteroatoms. The van der Waals surface area contributed by atoms with Gasteiger partial charge in [0, 0.05) is 52.6 Å². The molecule has 5 aliphatic rings. The van der Waals surface area contributed by atoms with Gasteiger partial charge >= 0.3 is 0 Å². The van der Waals surface area contributed by atoms with Crippen LogP contribution in [0.15, 0.2) is 210 Å². The van der Waals surface area contributed by atoms with E-state index in [0.29, 0.717) is 0 Å². The summed E-state index contributed by atoms with van der Waals surface area (Å²) in [6.07, 6.45) is 57.9. The first-order chi connectivity index (χ1) is 32.4. The van der Waals surface area contributed by atoms with Crippen molar-refractivity contribution in [3.63, 3.8) is 0 Å². The Labute approximate surface area is 399 Å². The first-order valence-electron chi connectivity index (χ1n) is 24.5. The molecule has 2 aromatic carbocycles. The molecule has 0 aromatic heterocycles. The predicted octanol–water partition coefficient (Wildman–Crippen LogP) is 15.4. The first-order valence-corrected chi connectivity index (χ1v) is 25.1. The average molecular weight is 891 g/mol. The number of rotatable bonds is 16. The molecule has 0 N–H and O–H groups in total. The van der Waals surface area contributed by atoms with Gasteiger partial charge in [0.15, 0.2) is 0 Å². The number of allylic oxidation sites excluding steroid dienone is 22. The Bertz CT molecular complexity index is 2690. The Hall–Kier alpha value is -5.89. The topological polar surface area (TPSA) is 15.7 Å². The number of hydrogen-bond donors (Lipinski definition) is 0. The van der Waals surface area contributed by atoms with E-state index in [4.69, 9.17) is 4.74 Å². The second-order valence-electron chi connectivity index (χ2n) is 17.4. The molecule has 0 amide bonds. The Morgan fingerprint density at radius 3 is 2.53 bits per heavy atom. The zero-order valence-corrected chi connectivity index (χ0v) is 41.3. The molecule has 3 nitrogen and oxygen atoms in total. The van der Waals surface area contributed by atoms with Crippen LogP contribution in [0.1, 0.15) is 116 Å². The van der Waals surface area contributed by atoms with Gasteiger partial charge in [-0.25, -0.2) is 0 Å². The van der Waals surface area contributed by atoms with Gasteiger partial charge in [0.05, 0.1) is 0 Å². The van der Waals surface area contributed by atoms with Crippen molar-refractivity contribution in [1.82, 2.24) is 4.90 Å². The van der Waals surface area contributed by atoms with E-state index in [9.17, 15) is 0 Å². The molecule has 0 saturated carbocycles. The molecule has 1 heterocycles. The number of fused-ring (bicyclic) bond motifs is 3. The van der Waals surface area contributed by atoms with Gasteiger partial charge in [-0.15, -0.1) is 9.24 Å². The van der Waals surface area contributed by atoms with E-state index in [1.165, 1.54) is 67.5 Å². The lowest BCUT2D eigenvalue weighted by atomic mass is 9.92. The van der Waals surface area contributed by atoms with Crippen molar-refractivity contribution in [2.75, 3.05) is 11.4 Å². The maximum Gasteiger partial charge on any atom is 0.128 e. The van der Waals surface area contributed by atoms with Gasteiger partial charge in [-0.05, 0) is 172 Å². The third-order valence-electron chi connectivity index (χ3n) is 13.3.